The Morgan fingerprint density at radius 2 is 2.25 bits per heavy atom. The second-order valence-corrected chi connectivity index (χ2v) is 5.41. The number of aliphatic hydroxyl groups excluding tert-OH is 1. The van der Waals surface area contributed by atoms with E-state index >= 15 is 0 Å². The number of hydrogen-bond acceptors (Lipinski definition) is 3. The topological polar surface area (TPSA) is 49.3 Å². The predicted octanol–water partition coefficient (Wildman–Crippen LogP) is 2.21. The van der Waals surface area contributed by atoms with Crippen molar-refractivity contribution in [2.45, 2.75) is 19.8 Å². The van der Waals surface area contributed by atoms with Gasteiger partial charge in [0.15, 0.2) is 0 Å². The predicted molar refractivity (Wildman–Crippen MR) is 85.1 cm³/mol. The molecule has 0 aliphatic carbocycles. The quantitative estimate of drug-likeness (QED) is 0.624. The fraction of sp³-hybridized carbons (Fsp3) is 0.438. The summed E-state index contributed by atoms with van der Waals surface area (Å²) in [4.78, 5) is 12.1. The van der Waals surface area contributed by atoms with Crippen LogP contribution in [0.5, 0.6) is 0 Å². The molecule has 0 spiro atoms. The molecule has 0 fully saturated rings. The summed E-state index contributed by atoms with van der Waals surface area (Å²) in [5.41, 5.74) is 2.39. The van der Waals surface area contributed by atoms with Crippen molar-refractivity contribution in [3.8, 4) is 11.8 Å². The number of benzene rings is 1. The largest absolute Gasteiger partial charge is 0.395 e. The highest BCUT2D eigenvalue weighted by Crippen LogP contribution is 2.11. The van der Waals surface area contributed by atoms with Gasteiger partial charge < -0.3 is 10.4 Å². The summed E-state index contributed by atoms with van der Waals surface area (Å²) in [6.07, 6.45) is 3.43. The minimum atomic E-state index is -0.0839. The van der Waals surface area contributed by atoms with E-state index in [-0.39, 0.29) is 12.5 Å². The molecule has 0 saturated carbocycles. The monoisotopic (exact) mass is 291 g/mol. The third-order valence-corrected chi connectivity index (χ3v) is 3.39. The Bertz CT molecular complexity index is 503. The number of rotatable bonds is 6. The van der Waals surface area contributed by atoms with E-state index in [9.17, 15) is 4.79 Å². The number of thioether (sulfide) groups is 1. The van der Waals surface area contributed by atoms with E-state index in [1.807, 2.05) is 25.1 Å². The maximum absolute atomic E-state index is 12.1. The average molecular weight is 291 g/mol. The molecule has 0 aromatic heterocycles. The minimum Gasteiger partial charge on any atom is -0.395 e. The molecule has 1 amide bonds. The van der Waals surface area contributed by atoms with Crippen LogP contribution in [0, 0.1) is 18.8 Å². The lowest BCUT2D eigenvalue weighted by Gasteiger charge is -2.07. The lowest BCUT2D eigenvalue weighted by molar-refractivity contribution is 0.0953. The zero-order chi connectivity index (χ0) is 14.8. The van der Waals surface area contributed by atoms with Gasteiger partial charge in [0.25, 0.3) is 5.91 Å². The van der Waals surface area contributed by atoms with Gasteiger partial charge >= 0.3 is 0 Å². The molecule has 1 aromatic rings. The smallest absolute Gasteiger partial charge is 0.252 e. The fourth-order valence-electron chi connectivity index (χ4n) is 1.69. The second-order valence-electron chi connectivity index (χ2n) is 4.43. The van der Waals surface area contributed by atoms with Gasteiger partial charge in [0.05, 0.1) is 12.2 Å². The molecule has 0 unspecified atom stereocenters. The lowest BCUT2D eigenvalue weighted by atomic mass is 10.0. The minimum absolute atomic E-state index is 0.0367. The summed E-state index contributed by atoms with van der Waals surface area (Å²) in [5, 5.41) is 11.7. The Morgan fingerprint density at radius 3 is 2.95 bits per heavy atom. The summed E-state index contributed by atoms with van der Waals surface area (Å²) >= 11 is 1.77. The molecule has 0 heterocycles. The van der Waals surface area contributed by atoms with E-state index in [1.165, 1.54) is 0 Å². The van der Waals surface area contributed by atoms with Crippen molar-refractivity contribution in [2.24, 2.45) is 0 Å². The van der Waals surface area contributed by atoms with Crippen LogP contribution >= 0.6 is 11.8 Å². The molecule has 0 aliphatic heterocycles. The Hall–Kier alpha value is -1.44. The van der Waals surface area contributed by atoms with Crippen molar-refractivity contribution < 1.29 is 9.90 Å². The molecule has 4 heteroatoms. The maximum Gasteiger partial charge on any atom is 0.252 e. The van der Waals surface area contributed by atoms with Gasteiger partial charge in [-0.1, -0.05) is 17.9 Å². The molecule has 0 saturated heterocycles. The number of aliphatic hydroxyl groups is 1. The van der Waals surface area contributed by atoms with Crippen LogP contribution in [0.25, 0.3) is 0 Å². The van der Waals surface area contributed by atoms with Crippen LogP contribution in [0.1, 0.15) is 34.3 Å². The SMILES string of the molecule is CSCCCNC(=O)c1ccc(C)cc1C#CCCO. The molecular formula is C16H21NO2S. The van der Waals surface area contributed by atoms with Gasteiger partial charge in [0.1, 0.15) is 0 Å². The zero-order valence-electron chi connectivity index (χ0n) is 12.0. The van der Waals surface area contributed by atoms with Crippen LogP contribution in [0.15, 0.2) is 18.2 Å². The summed E-state index contributed by atoms with van der Waals surface area (Å²) in [6.45, 7) is 2.68. The molecule has 108 valence electrons. The summed E-state index contributed by atoms with van der Waals surface area (Å²) in [7, 11) is 0. The van der Waals surface area contributed by atoms with Crippen molar-refractivity contribution in [2.75, 3.05) is 25.2 Å². The first-order chi connectivity index (χ1) is 9.69. The number of hydrogen-bond donors (Lipinski definition) is 2. The highest BCUT2D eigenvalue weighted by Gasteiger charge is 2.09. The first-order valence-corrected chi connectivity index (χ1v) is 8.06. The molecule has 20 heavy (non-hydrogen) atoms. The van der Waals surface area contributed by atoms with E-state index in [0.717, 1.165) is 23.3 Å². The van der Waals surface area contributed by atoms with Gasteiger partial charge in [-0.25, -0.2) is 0 Å². The van der Waals surface area contributed by atoms with Crippen LogP contribution in [-0.2, 0) is 0 Å². The number of carbonyl (C=O) groups excluding carboxylic acids is 1. The highest BCUT2D eigenvalue weighted by molar-refractivity contribution is 7.98. The van der Waals surface area contributed by atoms with Crippen LogP contribution in [0.3, 0.4) is 0 Å². The molecule has 0 atom stereocenters. The molecule has 2 N–H and O–H groups in total. The van der Waals surface area contributed by atoms with Gasteiger partial charge in [0.2, 0.25) is 0 Å². The molecule has 3 nitrogen and oxygen atoms in total. The lowest BCUT2D eigenvalue weighted by Crippen LogP contribution is -2.25. The number of nitrogens with one attached hydrogen (secondary N) is 1. The number of amides is 1. The van der Waals surface area contributed by atoms with Crippen LogP contribution in [0.4, 0.5) is 0 Å². The van der Waals surface area contributed by atoms with E-state index < -0.39 is 0 Å². The van der Waals surface area contributed by atoms with Crippen LogP contribution < -0.4 is 5.32 Å². The van der Waals surface area contributed by atoms with Crippen molar-refractivity contribution >= 4 is 17.7 Å². The first kappa shape index (κ1) is 16.6. The molecule has 0 aliphatic rings. The van der Waals surface area contributed by atoms with Gasteiger partial charge in [-0.15, -0.1) is 0 Å². The van der Waals surface area contributed by atoms with Crippen molar-refractivity contribution in [1.82, 2.24) is 5.32 Å². The summed E-state index contributed by atoms with van der Waals surface area (Å²) in [6, 6.07) is 5.62. The van der Waals surface area contributed by atoms with Crippen molar-refractivity contribution in [3.63, 3.8) is 0 Å². The normalized spacial score (nSPS) is 9.75. The number of carbonyl (C=O) groups is 1. The molecular weight excluding hydrogens is 270 g/mol. The molecule has 0 radical (unpaired) electrons. The van der Waals surface area contributed by atoms with E-state index in [2.05, 4.69) is 23.4 Å². The van der Waals surface area contributed by atoms with Gasteiger partial charge in [0, 0.05) is 18.5 Å². The van der Waals surface area contributed by atoms with E-state index in [0.29, 0.717) is 18.5 Å². The Morgan fingerprint density at radius 1 is 1.45 bits per heavy atom. The van der Waals surface area contributed by atoms with E-state index in [1.54, 1.807) is 11.8 Å². The maximum atomic E-state index is 12.1. The highest BCUT2D eigenvalue weighted by atomic mass is 32.2. The first-order valence-electron chi connectivity index (χ1n) is 6.66. The Labute approximate surface area is 125 Å². The fourth-order valence-corrected chi connectivity index (χ4v) is 2.12. The summed E-state index contributed by atoms with van der Waals surface area (Å²) < 4.78 is 0. The van der Waals surface area contributed by atoms with Crippen molar-refractivity contribution in [3.05, 3.63) is 34.9 Å². The number of aryl methyl sites for hydroxylation is 1. The van der Waals surface area contributed by atoms with Gasteiger partial charge in [-0.3, -0.25) is 4.79 Å². The summed E-state index contributed by atoms with van der Waals surface area (Å²) in [5.74, 6) is 6.78. The Balaban J connectivity index is 2.77. The van der Waals surface area contributed by atoms with Crippen molar-refractivity contribution in [1.29, 1.82) is 0 Å². The van der Waals surface area contributed by atoms with E-state index in [4.69, 9.17) is 5.11 Å². The van der Waals surface area contributed by atoms with Gasteiger partial charge in [-0.05, 0) is 43.0 Å². The zero-order valence-corrected chi connectivity index (χ0v) is 12.8. The average Bonchev–Trinajstić information content (AvgIpc) is 2.44. The molecule has 1 rings (SSSR count). The third-order valence-electron chi connectivity index (χ3n) is 2.69. The standard InChI is InChI=1S/C16H21NO2S/c1-13-7-8-15(14(12-13)6-3-4-10-18)16(19)17-9-5-11-20-2/h7-8,12,18H,4-5,9-11H2,1-2H3,(H,17,19). The van der Waals surface area contributed by atoms with Crippen LogP contribution in [0.2, 0.25) is 0 Å². The Kier molecular flexibility index (Phi) is 7.86. The second kappa shape index (κ2) is 9.46. The van der Waals surface area contributed by atoms with Gasteiger partial charge in [-0.2, -0.15) is 11.8 Å². The molecule has 1 aromatic carbocycles. The van der Waals surface area contributed by atoms with Crippen LogP contribution in [-0.4, -0.2) is 36.2 Å². The molecule has 0 bridgehead atoms. The third kappa shape index (κ3) is 5.68.